The smallest absolute Gasteiger partial charge is 0.220 e. The van der Waals surface area contributed by atoms with E-state index < -0.39 is 0 Å². The highest BCUT2D eigenvalue weighted by atomic mass is 16.5. The number of anilines is 1. The number of hydrogen-bond acceptors (Lipinski definition) is 7. The first kappa shape index (κ1) is 21.1. The lowest BCUT2D eigenvalue weighted by Crippen LogP contribution is -2.35. The van der Waals surface area contributed by atoms with Crippen LogP contribution in [0.15, 0.2) is 48.7 Å². The molecule has 2 aromatic carbocycles. The number of H-pyrrole nitrogens is 1. The van der Waals surface area contributed by atoms with Crippen LogP contribution in [0, 0.1) is 0 Å². The average molecular weight is 443 g/mol. The second-order valence-electron chi connectivity index (χ2n) is 7.96. The molecule has 0 spiro atoms. The minimum Gasteiger partial charge on any atom is -0.496 e. The van der Waals surface area contributed by atoms with E-state index in [1.807, 2.05) is 30.3 Å². The van der Waals surface area contributed by atoms with Gasteiger partial charge in [-0.15, -0.1) is 0 Å². The summed E-state index contributed by atoms with van der Waals surface area (Å²) in [5.41, 5.74) is 11.5. The highest BCUT2D eigenvalue weighted by Crippen LogP contribution is 2.26. The zero-order chi connectivity index (χ0) is 22.6. The number of rotatable bonds is 6. The fourth-order valence-corrected chi connectivity index (χ4v) is 4.03. The lowest BCUT2D eigenvalue weighted by Gasteiger charge is -2.27. The van der Waals surface area contributed by atoms with Crippen LogP contribution in [0.4, 0.5) is 5.95 Å². The van der Waals surface area contributed by atoms with Gasteiger partial charge in [-0.1, -0.05) is 24.3 Å². The lowest BCUT2D eigenvalue weighted by atomic mass is 10.1. The number of methoxy groups -OCH3 is 1. The molecule has 5 rings (SSSR count). The normalized spacial score (nSPS) is 14.8. The van der Waals surface area contributed by atoms with E-state index >= 15 is 0 Å². The number of morpholine rings is 1. The maximum Gasteiger partial charge on any atom is 0.220 e. The fourth-order valence-electron chi connectivity index (χ4n) is 4.03. The van der Waals surface area contributed by atoms with Crippen molar-refractivity contribution in [2.75, 3.05) is 39.1 Å². The standard InChI is InChI=1S/C25H26N6O2/c1-32-24-14-17(2-4-19(24)16-31-10-12-33-13-11-31)3-7-22-20-6-5-18(15-23(20)30-29-22)21-8-9-27-25(26)28-21/h2-9,14-15H,10-13,16H2,1H3,(H,29,30)(H2,26,27,28)/b7-3+. The summed E-state index contributed by atoms with van der Waals surface area (Å²) in [6, 6.07) is 14.2. The van der Waals surface area contributed by atoms with Crippen LogP contribution in [0.3, 0.4) is 0 Å². The van der Waals surface area contributed by atoms with Crippen molar-refractivity contribution < 1.29 is 9.47 Å². The maximum atomic E-state index is 5.72. The third kappa shape index (κ3) is 4.72. The molecule has 2 aromatic heterocycles. The Hall–Kier alpha value is -3.75. The zero-order valence-electron chi connectivity index (χ0n) is 18.5. The van der Waals surface area contributed by atoms with E-state index in [2.05, 4.69) is 49.3 Å². The molecule has 3 N–H and O–H groups in total. The van der Waals surface area contributed by atoms with Gasteiger partial charge in [-0.3, -0.25) is 10.00 Å². The Bertz CT molecular complexity index is 1290. The van der Waals surface area contributed by atoms with Gasteiger partial charge in [0.15, 0.2) is 0 Å². The quantitative estimate of drug-likeness (QED) is 0.470. The molecular formula is C25H26N6O2. The number of ether oxygens (including phenoxy) is 2. The van der Waals surface area contributed by atoms with Crippen molar-refractivity contribution in [3.8, 4) is 17.0 Å². The number of nitrogen functional groups attached to an aromatic ring is 1. The van der Waals surface area contributed by atoms with Gasteiger partial charge in [0.2, 0.25) is 5.95 Å². The van der Waals surface area contributed by atoms with Crippen molar-refractivity contribution in [1.29, 1.82) is 0 Å². The molecule has 1 saturated heterocycles. The Kier molecular flexibility index (Phi) is 6.01. The number of aromatic amines is 1. The molecule has 0 unspecified atom stereocenters. The van der Waals surface area contributed by atoms with E-state index in [1.165, 1.54) is 5.56 Å². The van der Waals surface area contributed by atoms with Crippen LogP contribution in [0.25, 0.3) is 34.3 Å². The van der Waals surface area contributed by atoms with E-state index in [0.717, 1.165) is 72.0 Å². The largest absolute Gasteiger partial charge is 0.496 e. The molecule has 1 aliphatic heterocycles. The zero-order valence-corrected chi connectivity index (χ0v) is 18.5. The summed E-state index contributed by atoms with van der Waals surface area (Å²) in [5.74, 6) is 1.15. The number of hydrogen-bond donors (Lipinski definition) is 2. The predicted octanol–water partition coefficient (Wildman–Crippen LogP) is 3.61. The van der Waals surface area contributed by atoms with E-state index in [-0.39, 0.29) is 5.95 Å². The summed E-state index contributed by atoms with van der Waals surface area (Å²) in [7, 11) is 1.72. The summed E-state index contributed by atoms with van der Waals surface area (Å²) in [4.78, 5) is 10.6. The second-order valence-corrected chi connectivity index (χ2v) is 7.96. The van der Waals surface area contributed by atoms with Gasteiger partial charge in [0.25, 0.3) is 0 Å². The lowest BCUT2D eigenvalue weighted by molar-refractivity contribution is 0.0339. The van der Waals surface area contributed by atoms with Crippen LogP contribution in [0.5, 0.6) is 5.75 Å². The molecule has 1 fully saturated rings. The van der Waals surface area contributed by atoms with E-state index in [1.54, 1.807) is 13.3 Å². The molecule has 3 heterocycles. The molecule has 8 heteroatoms. The van der Waals surface area contributed by atoms with Crippen LogP contribution >= 0.6 is 0 Å². The second kappa shape index (κ2) is 9.40. The Morgan fingerprint density at radius 1 is 1.12 bits per heavy atom. The van der Waals surface area contributed by atoms with E-state index in [0.29, 0.717) is 0 Å². The molecule has 0 bridgehead atoms. The monoisotopic (exact) mass is 442 g/mol. The third-order valence-electron chi connectivity index (χ3n) is 5.80. The Balaban J connectivity index is 1.35. The first-order chi connectivity index (χ1) is 16.2. The first-order valence-corrected chi connectivity index (χ1v) is 10.9. The Labute approximate surface area is 192 Å². The van der Waals surface area contributed by atoms with Gasteiger partial charge in [-0.25, -0.2) is 9.97 Å². The summed E-state index contributed by atoms with van der Waals surface area (Å²) < 4.78 is 11.1. The molecule has 0 aliphatic carbocycles. The molecule has 0 radical (unpaired) electrons. The molecule has 0 amide bonds. The third-order valence-corrected chi connectivity index (χ3v) is 5.80. The molecular weight excluding hydrogens is 416 g/mol. The molecule has 1 aliphatic rings. The molecule has 168 valence electrons. The predicted molar refractivity (Wildman–Crippen MR) is 130 cm³/mol. The molecule has 4 aromatic rings. The van der Waals surface area contributed by atoms with Crippen molar-refractivity contribution in [3.63, 3.8) is 0 Å². The molecule has 8 nitrogen and oxygen atoms in total. The van der Waals surface area contributed by atoms with Gasteiger partial charge in [-0.2, -0.15) is 5.10 Å². The molecule has 0 atom stereocenters. The van der Waals surface area contributed by atoms with Crippen LogP contribution < -0.4 is 10.5 Å². The van der Waals surface area contributed by atoms with Crippen LogP contribution in [0.1, 0.15) is 16.8 Å². The summed E-state index contributed by atoms with van der Waals surface area (Å²) in [6.07, 6.45) is 5.72. The number of fused-ring (bicyclic) bond motifs is 1. The van der Waals surface area contributed by atoms with Crippen LogP contribution in [0.2, 0.25) is 0 Å². The number of aromatic nitrogens is 4. The minimum atomic E-state index is 0.257. The summed E-state index contributed by atoms with van der Waals surface area (Å²) in [6.45, 7) is 4.33. The Morgan fingerprint density at radius 3 is 2.82 bits per heavy atom. The molecule has 0 saturated carbocycles. The van der Waals surface area contributed by atoms with Crippen LogP contribution in [-0.4, -0.2) is 58.5 Å². The van der Waals surface area contributed by atoms with E-state index in [9.17, 15) is 0 Å². The summed E-state index contributed by atoms with van der Waals surface area (Å²) in [5, 5.41) is 8.63. The van der Waals surface area contributed by atoms with Crippen molar-refractivity contribution >= 4 is 29.0 Å². The SMILES string of the molecule is COc1cc(/C=C/c2n[nH]c3cc(-c4ccnc(N)n4)ccc23)ccc1CN1CCOCC1. The minimum absolute atomic E-state index is 0.257. The van der Waals surface area contributed by atoms with Gasteiger partial charge in [-0.05, 0) is 35.9 Å². The Morgan fingerprint density at radius 2 is 2.00 bits per heavy atom. The topological polar surface area (TPSA) is 102 Å². The maximum absolute atomic E-state index is 5.72. The van der Waals surface area contributed by atoms with Crippen LogP contribution in [-0.2, 0) is 11.3 Å². The van der Waals surface area contributed by atoms with Crippen molar-refractivity contribution in [1.82, 2.24) is 25.1 Å². The number of nitrogens with two attached hydrogens (primary N) is 1. The number of nitrogens with zero attached hydrogens (tertiary/aromatic N) is 4. The molecule has 33 heavy (non-hydrogen) atoms. The van der Waals surface area contributed by atoms with Gasteiger partial charge in [0, 0.05) is 42.3 Å². The van der Waals surface area contributed by atoms with Gasteiger partial charge in [0.05, 0.1) is 37.2 Å². The van der Waals surface area contributed by atoms with Gasteiger partial charge >= 0.3 is 0 Å². The highest BCUT2D eigenvalue weighted by molar-refractivity contribution is 5.91. The highest BCUT2D eigenvalue weighted by Gasteiger charge is 2.13. The van der Waals surface area contributed by atoms with Gasteiger partial charge in [0.1, 0.15) is 5.75 Å². The summed E-state index contributed by atoms with van der Waals surface area (Å²) >= 11 is 0. The van der Waals surface area contributed by atoms with Crippen molar-refractivity contribution in [3.05, 3.63) is 65.5 Å². The van der Waals surface area contributed by atoms with Gasteiger partial charge < -0.3 is 15.2 Å². The van der Waals surface area contributed by atoms with Crippen molar-refractivity contribution in [2.24, 2.45) is 0 Å². The number of nitrogens with one attached hydrogen (secondary N) is 1. The fraction of sp³-hybridized carbons (Fsp3) is 0.240. The number of benzene rings is 2. The average Bonchev–Trinajstić information content (AvgIpc) is 3.26. The van der Waals surface area contributed by atoms with Crippen molar-refractivity contribution in [2.45, 2.75) is 6.54 Å². The first-order valence-electron chi connectivity index (χ1n) is 10.9. The van der Waals surface area contributed by atoms with E-state index in [4.69, 9.17) is 15.2 Å².